The Hall–Kier alpha value is -1.76. The molecule has 0 radical (unpaired) electrons. The van der Waals surface area contributed by atoms with Gasteiger partial charge >= 0.3 is 0 Å². The summed E-state index contributed by atoms with van der Waals surface area (Å²) >= 11 is 0. The van der Waals surface area contributed by atoms with E-state index in [9.17, 15) is 5.11 Å². The summed E-state index contributed by atoms with van der Waals surface area (Å²) in [5.74, 6) is 1.28. The van der Waals surface area contributed by atoms with E-state index >= 15 is 0 Å². The van der Waals surface area contributed by atoms with Crippen LogP contribution in [-0.4, -0.2) is 5.11 Å². The Morgan fingerprint density at radius 3 is 1.68 bits per heavy atom. The van der Waals surface area contributed by atoms with Gasteiger partial charge in [-0.3, -0.25) is 0 Å². The van der Waals surface area contributed by atoms with Gasteiger partial charge in [0.25, 0.3) is 0 Å². The quantitative estimate of drug-likeness (QED) is 0.513. The van der Waals surface area contributed by atoms with Gasteiger partial charge in [-0.2, -0.15) is 0 Å². The largest absolute Gasteiger partial charge is 0.508 e. The summed E-state index contributed by atoms with van der Waals surface area (Å²) < 4.78 is 0. The SMILES string of the molecule is CCC(c1ccccc1)C(C)(C)C(C)(C)CC(c1ccc(O)cc1)C(C)(C)C. The minimum atomic E-state index is 0.138. The molecule has 0 bridgehead atoms. The molecule has 0 aliphatic heterocycles. The maximum atomic E-state index is 9.73. The van der Waals surface area contributed by atoms with Gasteiger partial charge in [0.2, 0.25) is 0 Å². The monoisotopic (exact) mass is 380 g/mol. The van der Waals surface area contributed by atoms with Crippen LogP contribution in [-0.2, 0) is 0 Å². The highest BCUT2D eigenvalue weighted by atomic mass is 16.3. The van der Waals surface area contributed by atoms with Crippen molar-refractivity contribution >= 4 is 0 Å². The van der Waals surface area contributed by atoms with E-state index in [1.54, 1.807) is 0 Å². The highest BCUT2D eigenvalue weighted by Crippen LogP contribution is 2.56. The second-order valence-corrected chi connectivity index (χ2v) is 10.7. The van der Waals surface area contributed by atoms with Crippen LogP contribution < -0.4 is 0 Å². The third-order valence-electron chi connectivity index (χ3n) is 7.28. The first-order valence-corrected chi connectivity index (χ1v) is 10.7. The second-order valence-electron chi connectivity index (χ2n) is 10.7. The Balaban J connectivity index is 2.40. The molecule has 1 N–H and O–H groups in total. The standard InChI is InChI=1S/C27H40O/c1-9-23(20-13-11-10-12-14-20)27(7,8)26(5,6)19-24(25(2,3)4)21-15-17-22(28)18-16-21/h10-18,23-24,28H,9,19H2,1-8H3. The number of hydrogen-bond acceptors (Lipinski definition) is 1. The molecular weight excluding hydrogens is 340 g/mol. The molecule has 0 heterocycles. The predicted molar refractivity (Wildman–Crippen MR) is 122 cm³/mol. The van der Waals surface area contributed by atoms with E-state index in [0.717, 1.165) is 12.8 Å². The molecule has 2 atom stereocenters. The highest BCUT2D eigenvalue weighted by Gasteiger charge is 2.45. The lowest BCUT2D eigenvalue weighted by molar-refractivity contribution is 0.0425. The molecule has 0 saturated heterocycles. The first-order valence-electron chi connectivity index (χ1n) is 10.7. The summed E-state index contributed by atoms with van der Waals surface area (Å²) in [6.45, 7) is 19.1. The maximum Gasteiger partial charge on any atom is 0.115 e. The van der Waals surface area contributed by atoms with Crippen LogP contribution in [0.2, 0.25) is 0 Å². The Labute approximate surface area is 173 Å². The normalized spacial score (nSPS) is 15.3. The van der Waals surface area contributed by atoms with Crippen LogP contribution >= 0.6 is 0 Å². The van der Waals surface area contributed by atoms with Crippen molar-refractivity contribution in [2.75, 3.05) is 0 Å². The van der Waals surface area contributed by atoms with Gasteiger partial charge in [0.1, 0.15) is 5.75 Å². The fourth-order valence-corrected chi connectivity index (χ4v) is 4.72. The minimum Gasteiger partial charge on any atom is -0.508 e. The van der Waals surface area contributed by atoms with Crippen molar-refractivity contribution in [1.29, 1.82) is 0 Å². The minimum absolute atomic E-state index is 0.138. The average Bonchev–Trinajstić information content (AvgIpc) is 2.61. The Kier molecular flexibility index (Phi) is 6.69. The number of rotatable bonds is 7. The van der Waals surface area contributed by atoms with Crippen molar-refractivity contribution in [3.05, 3.63) is 65.7 Å². The molecular formula is C27H40O. The Bertz CT molecular complexity index is 732. The molecule has 0 aliphatic carbocycles. The predicted octanol–water partition coefficient (Wildman–Crippen LogP) is 8.16. The van der Waals surface area contributed by atoms with Gasteiger partial charge in [0.05, 0.1) is 0 Å². The molecule has 0 spiro atoms. The summed E-state index contributed by atoms with van der Waals surface area (Å²) in [5, 5.41) is 9.73. The molecule has 1 heteroatoms. The zero-order valence-corrected chi connectivity index (χ0v) is 19.2. The lowest BCUT2D eigenvalue weighted by Crippen LogP contribution is -2.40. The number of aromatic hydroxyl groups is 1. The average molecular weight is 381 g/mol. The third-order valence-corrected chi connectivity index (χ3v) is 7.28. The van der Waals surface area contributed by atoms with E-state index in [1.807, 2.05) is 12.1 Å². The van der Waals surface area contributed by atoms with E-state index < -0.39 is 0 Å². The molecule has 2 aromatic carbocycles. The van der Waals surface area contributed by atoms with Crippen molar-refractivity contribution in [2.24, 2.45) is 16.2 Å². The van der Waals surface area contributed by atoms with Gasteiger partial charge in [-0.1, -0.05) is 97.9 Å². The molecule has 1 nitrogen and oxygen atoms in total. The van der Waals surface area contributed by atoms with Crippen LogP contribution in [0.1, 0.15) is 91.2 Å². The van der Waals surface area contributed by atoms with E-state index in [0.29, 0.717) is 17.6 Å². The summed E-state index contributed by atoms with van der Waals surface area (Å²) in [7, 11) is 0. The van der Waals surface area contributed by atoms with Gasteiger partial charge in [-0.15, -0.1) is 0 Å². The number of hydrogen-bond donors (Lipinski definition) is 1. The van der Waals surface area contributed by atoms with E-state index in [4.69, 9.17) is 0 Å². The first kappa shape index (κ1) is 22.5. The Morgan fingerprint density at radius 2 is 1.21 bits per heavy atom. The molecule has 2 rings (SSSR count). The molecule has 0 fully saturated rings. The molecule has 154 valence electrons. The van der Waals surface area contributed by atoms with Gasteiger partial charge < -0.3 is 5.11 Å². The van der Waals surface area contributed by atoms with Gasteiger partial charge in [0, 0.05) is 0 Å². The van der Waals surface area contributed by atoms with Crippen molar-refractivity contribution in [2.45, 2.75) is 80.1 Å². The summed E-state index contributed by atoms with van der Waals surface area (Å²) in [6.07, 6.45) is 2.25. The van der Waals surface area contributed by atoms with Gasteiger partial charge in [-0.05, 0) is 64.2 Å². The van der Waals surface area contributed by atoms with Crippen molar-refractivity contribution < 1.29 is 5.11 Å². The zero-order valence-electron chi connectivity index (χ0n) is 19.2. The van der Waals surface area contributed by atoms with Crippen LogP contribution in [0, 0.1) is 16.2 Å². The first-order chi connectivity index (χ1) is 12.9. The van der Waals surface area contributed by atoms with Crippen LogP contribution in [0.3, 0.4) is 0 Å². The van der Waals surface area contributed by atoms with Crippen LogP contribution in [0.4, 0.5) is 0 Å². The zero-order chi connectivity index (χ0) is 21.2. The Morgan fingerprint density at radius 1 is 0.714 bits per heavy atom. The summed E-state index contributed by atoms with van der Waals surface area (Å²) in [6, 6.07) is 18.8. The fraction of sp³-hybridized carbons (Fsp3) is 0.556. The molecule has 0 aromatic heterocycles. The fourth-order valence-electron chi connectivity index (χ4n) is 4.72. The van der Waals surface area contributed by atoms with E-state index in [-0.39, 0.29) is 16.2 Å². The molecule has 0 amide bonds. The lowest BCUT2D eigenvalue weighted by Gasteiger charge is -2.50. The number of phenolic OH excluding ortho intramolecular Hbond substituents is 1. The van der Waals surface area contributed by atoms with Crippen LogP contribution in [0.25, 0.3) is 0 Å². The van der Waals surface area contributed by atoms with Gasteiger partial charge in [-0.25, -0.2) is 0 Å². The molecule has 0 saturated carbocycles. The van der Waals surface area contributed by atoms with Crippen molar-refractivity contribution in [3.8, 4) is 5.75 Å². The van der Waals surface area contributed by atoms with Crippen LogP contribution in [0.15, 0.2) is 54.6 Å². The molecule has 2 unspecified atom stereocenters. The topological polar surface area (TPSA) is 20.2 Å². The molecule has 28 heavy (non-hydrogen) atoms. The van der Waals surface area contributed by atoms with E-state index in [2.05, 4.69) is 97.9 Å². The number of phenols is 1. The second kappa shape index (κ2) is 8.31. The van der Waals surface area contributed by atoms with Gasteiger partial charge in [0.15, 0.2) is 0 Å². The summed E-state index contributed by atoms with van der Waals surface area (Å²) in [4.78, 5) is 0. The van der Waals surface area contributed by atoms with E-state index in [1.165, 1.54) is 11.1 Å². The lowest BCUT2D eigenvalue weighted by atomic mass is 9.54. The van der Waals surface area contributed by atoms with Crippen molar-refractivity contribution in [1.82, 2.24) is 0 Å². The van der Waals surface area contributed by atoms with Crippen molar-refractivity contribution in [3.63, 3.8) is 0 Å². The smallest absolute Gasteiger partial charge is 0.115 e. The summed E-state index contributed by atoms with van der Waals surface area (Å²) in [5.41, 5.74) is 3.20. The number of benzene rings is 2. The van der Waals surface area contributed by atoms with Crippen LogP contribution in [0.5, 0.6) is 5.75 Å². The molecule has 0 aliphatic rings. The maximum absolute atomic E-state index is 9.73. The third kappa shape index (κ3) is 4.80. The molecule has 2 aromatic rings. The highest BCUT2D eigenvalue weighted by molar-refractivity contribution is 5.30.